The van der Waals surface area contributed by atoms with Gasteiger partial charge < -0.3 is 15.0 Å². The van der Waals surface area contributed by atoms with Gasteiger partial charge in [0.05, 0.1) is 24.3 Å². The maximum Gasteiger partial charge on any atom is 0.338 e. The summed E-state index contributed by atoms with van der Waals surface area (Å²) in [5.74, 6) is -1.90. The minimum atomic E-state index is -1.05. The number of nitrogens with one attached hydrogen (secondary N) is 1. The zero-order chi connectivity index (χ0) is 25.7. The molecule has 9 heteroatoms. The highest BCUT2D eigenvalue weighted by atomic mass is 19.1. The molecule has 3 aromatic rings. The molecule has 1 aliphatic heterocycles. The van der Waals surface area contributed by atoms with Crippen LogP contribution >= 0.6 is 0 Å². The van der Waals surface area contributed by atoms with Crippen LogP contribution in [0.25, 0.3) is 0 Å². The highest BCUT2D eigenvalue weighted by molar-refractivity contribution is 6.22. The maximum atomic E-state index is 13.4. The van der Waals surface area contributed by atoms with Crippen molar-refractivity contribution >= 4 is 35.2 Å². The third-order valence-electron chi connectivity index (χ3n) is 5.66. The third kappa shape index (κ3) is 5.41. The molecule has 0 spiro atoms. The molecule has 0 saturated carbocycles. The Labute approximate surface area is 207 Å². The lowest BCUT2D eigenvalue weighted by Crippen LogP contribution is -2.37. The fourth-order valence-corrected chi connectivity index (χ4v) is 3.91. The second-order valence-electron chi connectivity index (χ2n) is 8.11. The largest absolute Gasteiger partial charge is 0.462 e. The molecular formula is C27H24FN3O5. The first-order valence-corrected chi connectivity index (χ1v) is 11.4. The lowest BCUT2D eigenvalue weighted by atomic mass is 10.1. The van der Waals surface area contributed by atoms with E-state index < -0.39 is 35.7 Å². The Morgan fingerprint density at radius 1 is 0.944 bits per heavy atom. The van der Waals surface area contributed by atoms with Crippen molar-refractivity contribution in [2.45, 2.75) is 25.9 Å². The fraction of sp³-hybridized carbons (Fsp3) is 0.185. The van der Waals surface area contributed by atoms with Crippen LogP contribution < -0.4 is 10.2 Å². The molecule has 1 N–H and O–H groups in total. The third-order valence-corrected chi connectivity index (χ3v) is 5.66. The van der Waals surface area contributed by atoms with E-state index in [4.69, 9.17) is 4.74 Å². The number of esters is 1. The summed E-state index contributed by atoms with van der Waals surface area (Å²) in [6.45, 7) is 1.99. The van der Waals surface area contributed by atoms with Crippen LogP contribution in [-0.2, 0) is 20.9 Å². The monoisotopic (exact) mass is 489 g/mol. The summed E-state index contributed by atoms with van der Waals surface area (Å²) in [6, 6.07) is 18.6. The average molecular weight is 490 g/mol. The quantitative estimate of drug-likeness (QED) is 0.375. The topological polar surface area (TPSA) is 96.0 Å². The summed E-state index contributed by atoms with van der Waals surface area (Å²) in [4.78, 5) is 53.6. The first-order chi connectivity index (χ1) is 17.4. The number of nitrogens with zero attached hydrogens (tertiary/aromatic N) is 2. The molecule has 0 unspecified atom stereocenters. The van der Waals surface area contributed by atoms with Crippen LogP contribution in [0, 0.1) is 5.82 Å². The number of carbonyl (C=O) groups excluding carboxylic acids is 4. The molecule has 36 heavy (non-hydrogen) atoms. The van der Waals surface area contributed by atoms with Gasteiger partial charge in [-0.2, -0.15) is 0 Å². The minimum Gasteiger partial charge on any atom is -0.462 e. The van der Waals surface area contributed by atoms with E-state index in [1.165, 1.54) is 41.3 Å². The van der Waals surface area contributed by atoms with E-state index in [0.29, 0.717) is 22.5 Å². The van der Waals surface area contributed by atoms with Crippen molar-refractivity contribution in [3.05, 3.63) is 95.8 Å². The Balaban J connectivity index is 1.53. The van der Waals surface area contributed by atoms with E-state index in [-0.39, 0.29) is 19.6 Å². The maximum absolute atomic E-state index is 13.4. The highest BCUT2D eigenvalue weighted by Gasteiger charge is 2.46. The van der Waals surface area contributed by atoms with Gasteiger partial charge in [0.15, 0.2) is 0 Å². The molecule has 1 saturated heterocycles. The van der Waals surface area contributed by atoms with Crippen LogP contribution in [0.15, 0.2) is 78.9 Å². The number of benzene rings is 3. The predicted octanol–water partition coefficient (Wildman–Crippen LogP) is 4.37. The normalized spacial score (nSPS) is 15.2. The SMILES string of the molecule is CCOC(=O)c1ccc(NC(=O)C[C@H]2C(=O)N(c3ccccc3)C(=O)N2Cc2ccc(F)cc2)cc1. The smallest absolute Gasteiger partial charge is 0.338 e. The Bertz CT molecular complexity index is 1260. The molecule has 184 valence electrons. The molecule has 4 amide bonds. The number of carbonyl (C=O) groups is 4. The lowest BCUT2D eigenvalue weighted by molar-refractivity contribution is -0.124. The van der Waals surface area contributed by atoms with Crippen molar-refractivity contribution in [3.63, 3.8) is 0 Å². The zero-order valence-corrected chi connectivity index (χ0v) is 19.5. The second kappa shape index (κ2) is 10.8. The highest BCUT2D eigenvalue weighted by Crippen LogP contribution is 2.28. The number of amides is 4. The molecular weight excluding hydrogens is 465 g/mol. The number of anilines is 2. The molecule has 3 aromatic carbocycles. The molecule has 0 aromatic heterocycles. The standard InChI is InChI=1S/C27H24FN3O5/c1-2-36-26(34)19-10-14-21(15-11-19)29-24(32)16-23-25(33)31(22-6-4-3-5-7-22)27(35)30(23)17-18-8-12-20(28)13-9-18/h3-15,23H,2,16-17H2,1H3,(H,29,32)/t23-/m0/s1. The van der Waals surface area contributed by atoms with Crippen molar-refractivity contribution < 1.29 is 28.3 Å². The molecule has 4 rings (SSSR count). The summed E-state index contributed by atoms with van der Waals surface area (Å²) in [6.07, 6.45) is -0.283. The summed E-state index contributed by atoms with van der Waals surface area (Å²) < 4.78 is 18.3. The molecule has 0 aliphatic carbocycles. The second-order valence-corrected chi connectivity index (χ2v) is 8.11. The Morgan fingerprint density at radius 3 is 2.25 bits per heavy atom. The van der Waals surface area contributed by atoms with Gasteiger partial charge in [-0.1, -0.05) is 30.3 Å². The number of imide groups is 1. The molecule has 0 radical (unpaired) electrons. The Hall–Kier alpha value is -4.53. The van der Waals surface area contributed by atoms with Crippen molar-refractivity contribution in [1.29, 1.82) is 0 Å². The van der Waals surface area contributed by atoms with Gasteiger partial charge in [-0.05, 0) is 61.0 Å². The number of rotatable bonds is 8. The van der Waals surface area contributed by atoms with Gasteiger partial charge in [-0.3, -0.25) is 9.59 Å². The average Bonchev–Trinajstić information content (AvgIpc) is 3.10. The summed E-state index contributed by atoms with van der Waals surface area (Å²) in [5.41, 5.74) is 1.78. The van der Waals surface area contributed by atoms with Crippen LogP contribution in [0.5, 0.6) is 0 Å². The molecule has 1 fully saturated rings. The predicted molar refractivity (Wildman–Crippen MR) is 131 cm³/mol. The van der Waals surface area contributed by atoms with Crippen LogP contribution in [0.2, 0.25) is 0 Å². The van der Waals surface area contributed by atoms with E-state index in [9.17, 15) is 23.6 Å². The molecule has 0 bridgehead atoms. The first-order valence-electron chi connectivity index (χ1n) is 11.4. The van der Waals surface area contributed by atoms with E-state index in [0.717, 1.165) is 4.90 Å². The number of hydrogen-bond acceptors (Lipinski definition) is 5. The van der Waals surface area contributed by atoms with Crippen LogP contribution in [-0.4, -0.2) is 41.4 Å². The van der Waals surface area contributed by atoms with Gasteiger partial charge >= 0.3 is 12.0 Å². The van der Waals surface area contributed by atoms with E-state index in [1.54, 1.807) is 49.4 Å². The van der Waals surface area contributed by atoms with E-state index >= 15 is 0 Å². The summed E-state index contributed by atoms with van der Waals surface area (Å²) in [5, 5.41) is 2.70. The van der Waals surface area contributed by atoms with Crippen LogP contribution in [0.3, 0.4) is 0 Å². The molecule has 8 nitrogen and oxygen atoms in total. The minimum absolute atomic E-state index is 0.0281. The molecule has 1 aliphatic rings. The van der Waals surface area contributed by atoms with Gasteiger partial charge in [0.2, 0.25) is 5.91 Å². The summed E-state index contributed by atoms with van der Waals surface area (Å²) in [7, 11) is 0. The van der Waals surface area contributed by atoms with Gasteiger partial charge in [-0.25, -0.2) is 18.9 Å². The number of ether oxygens (including phenoxy) is 1. The number of halogens is 1. The zero-order valence-electron chi connectivity index (χ0n) is 19.5. The van der Waals surface area contributed by atoms with Crippen LogP contribution in [0.4, 0.5) is 20.6 Å². The number of urea groups is 1. The lowest BCUT2D eigenvalue weighted by Gasteiger charge is -2.21. The summed E-state index contributed by atoms with van der Waals surface area (Å²) >= 11 is 0. The van der Waals surface area contributed by atoms with Crippen molar-refractivity contribution in [3.8, 4) is 0 Å². The van der Waals surface area contributed by atoms with Gasteiger partial charge in [-0.15, -0.1) is 0 Å². The van der Waals surface area contributed by atoms with Crippen molar-refractivity contribution in [1.82, 2.24) is 4.90 Å². The number of para-hydroxylation sites is 1. The van der Waals surface area contributed by atoms with Gasteiger partial charge in [0.1, 0.15) is 11.9 Å². The number of hydrogen-bond donors (Lipinski definition) is 1. The van der Waals surface area contributed by atoms with Crippen molar-refractivity contribution in [2.24, 2.45) is 0 Å². The molecule has 1 atom stereocenters. The molecule has 1 heterocycles. The van der Waals surface area contributed by atoms with E-state index in [1.807, 2.05) is 0 Å². The Morgan fingerprint density at radius 2 is 1.61 bits per heavy atom. The van der Waals surface area contributed by atoms with Gasteiger partial charge in [0, 0.05) is 12.2 Å². The fourth-order valence-electron chi connectivity index (χ4n) is 3.91. The first kappa shape index (κ1) is 24.6. The van der Waals surface area contributed by atoms with Gasteiger partial charge in [0.25, 0.3) is 5.91 Å². The van der Waals surface area contributed by atoms with Crippen molar-refractivity contribution in [2.75, 3.05) is 16.8 Å². The van der Waals surface area contributed by atoms with E-state index in [2.05, 4.69) is 5.32 Å². The van der Waals surface area contributed by atoms with Crippen LogP contribution in [0.1, 0.15) is 29.3 Å². The Kier molecular flexibility index (Phi) is 7.39.